The van der Waals surface area contributed by atoms with Crippen molar-refractivity contribution in [1.29, 1.82) is 0 Å². The Labute approximate surface area is 172 Å². The lowest BCUT2D eigenvalue weighted by Crippen LogP contribution is -2.41. The maximum absolute atomic E-state index is 13.1. The van der Waals surface area contributed by atoms with Gasteiger partial charge in [-0.05, 0) is 49.1 Å². The van der Waals surface area contributed by atoms with Crippen LogP contribution in [0.3, 0.4) is 0 Å². The number of hydrogen-bond acceptors (Lipinski definition) is 2. The molecule has 1 aliphatic heterocycles. The number of hydrogen-bond donors (Lipinski definition) is 1. The highest BCUT2D eigenvalue weighted by molar-refractivity contribution is 9.10. The smallest absolute Gasteiger partial charge is 0.271 e. The largest absolute Gasteiger partial charge is 0.337 e. The standard InChI is InChI=1S/C21H20BrClN2O2/c22-17-11-9-15(10-12-17)18(23)19(21(27)25-13-5-2-6-14-25)24-20(26)16-7-3-1-4-8-16/h1,3-4,7-12H,2,5-6,13-14H2,(H,24,26)/b19-18+. The molecule has 2 aromatic carbocycles. The highest BCUT2D eigenvalue weighted by Gasteiger charge is 2.25. The summed E-state index contributed by atoms with van der Waals surface area (Å²) in [5, 5.41) is 2.99. The van der Waals surface area contributed by atoms with Crippen molar-refractivity contribution in [1.82, 2.24) is 10.2 Å². The molecule has 140 valence electrons. The average molecular weight is 448 g/mol. The summed E-state index contributed by atoms with van der Waals surface area (Å²) < 4.78 is 0.910. The predicted octanol–water partition coefficient (Wildman–Crippen LogP) is 4.80. The number of likely N-dealkylation sites (tertiary alicyclic amines) is 1. The first-order valence-corrected chi connectivity index (χ1v) is 10.0. The van der Waals surface area contributed by atoms with E-state index in [0.29, 0.717) is 24.2 Å². The Hall–Kier alpha value is -2.11. The summed E-state index contributed by atoms with van der Waals surface area (Å²) in [5.41, 5.74) is 1.27. The van der Waals surface area contributed by atoms with Gasteiger partial charge in [-0.25, -0.2) is 0 Å². The SMILES string of the molecule is O=C(N/C(C(=O)N1CCCCC1)=C(/Cl)c1ccc(Br)cc1)c1ccccc1. The fourth-order valence-electron chi connectivity index (χ4n) is 2.97. The van der Waals surface area contributed by atoms with Crippen molar-refractivity contribution >= 4 is 44.4 Å². The van der Waals surface area contributed by atoms with E-state index in [2.05, 4.69) is 21.2 Å². The summed E-state index contributed by atoms with van der Waals surface area (Å²) >= 11 is 9.96. The topological polar surface area (TPSA) is 49.4 Å². The van der Waals surface area contributed by atoms with E-state index in [0.717, 1.165) is 23.7 Å². The van der Waals surface area contributed by atoms with Crippen LogP contribution in [0.25, 0.3) is 5.03 Å². The van der Waals surface area contributed by atoms with E-state index >= 15 is 0 Å². The third-order valence-corrected chi connectivity index (χ3v) is 5.38. The molecule has 6 heteroatoms. The number of carbonyl (C=O) groups is 2. The van der Waals surface area contributed by atoms with Crippen molar-refractivity contribution < 1.29 is 9.59 Å². The molecule has 0 radical (unpaired) electrons. The first-order chi connectivity index (χ1) is 13.1. The Morgan fingerprint density at radius 1 is 0.889 bits per heavy atom. The molecule has 0 aromatic heterocycles. The van der Waals surface area contributed by atoms with E-state index in [1.54, 1.807) is 29.2 Å². The Kier molecular flexibility index (Phi) is 6.69. The van der Waals surface area contributed by atoms with Gasteiger partial charge in [-0.3, -0.25) is 9.59 Å². The molecule has 0 spiro atoms. The third kappa shape index (κ3) is 4.99. The zero-order valence-corrected chi connectivity index (χ0v) is 17.1. The number of rotatable bonds is 4. The van der Waals surface area contributed by atoms with E-state index < -0.39 is 0 Å². The van der Waals surface area contributed by atoms with E-state index in [1.165, 1.54) is 0 Å². The second kappa shape index (κ2) is 9.20. The highest BCUT2D eigenvalue weighted by Crippen LogP contribution is 2.26. The van der Waals surface area contributed by atoms with Gasteiger partial charge in [-0.2, -0.15) is 0 Å². The minimum absolute atomic E-state index is 0.120. The van der Waals surface area contributed by atoms with Crippen LogP contribution in [0.2, 0.25) is 0 Å². The molecule has 0 atom stereocenters. The van der Waals surface area contributed by atoms with Gasteiger partial charge < -0.3 is 10.2 Å². The lowest BCUT2D eigenvalue weighted by atomic mass is 10.1. The first kappa shape index (κ1) is 19.6. The van der Waals surface area contributed by atoms with Gasteiger partial charge in [0.1, 0.15) is 5.70 Å². The minimum atomic E-state index is -0.355. The van der Waals surface area contributed by atoms with Gasteiger partial charge >= 0.3 is 0 Å². The number of piperidine rings is 1. The molecule has 1 aliphatic rings. The molecule has 3 rings (SSSR count). The van der Waals surface area contributed by atoms with Gasteiger partial charge in [0.2, 0.25) is 0 Å². The van der Waals surface area contributed by atoms with Crippen LogP contribution in [-0.4, -0.2) is 29.8 Å². The van der Waals surface area contributed by atoms with Crippen LogP contribution >= 0.6 is 27.5 Å². The highest BCUT2D eigenvalue weighted by atomic mass is 79.9. The monoisotopic (exact) mass is 446 g/mol. The third-order valence-electron chi connectivity index (χ3n) is 4.45. The van der Waals surface area contributed by atoms with Crippen LogP contribution in [0.1, 0.15) is 35.2 Å². The maximum Gasteiger partial charge on any atom is 0.271 e. The van der Waals surface area contributed by atoms with Crippen LogP contribution in [0.4, 0.5) is 0 Å². The van der Waals surface area contributed by atoms with Crippen LogP contribution in [0.15, 0.2) is 64.8 Å². The summed E-state index contributed by atoms with van der Waals surface area (Å²) in [6, 6.07) is 16.1. The Morgan fingerprint density at radius 2 is 1.52 bits per heavy atom. The summed E-state index contributed by atoms with van der Waals surface area (Å²) in [6.45, 7) is 1.35. The molecule has 0 unspecified atom stereocenters. The number of nitrogens with one attached hydrogen (secondary N) is 1. The second-order valence-electron chi connectivity index (χ2n) is 6.37. The first-order valence-electron chi connectivity index (χ1n) is 8.87. The van der Waals surface area contributed by atoms with E-state index in [4.69, 9.17) is 11.6 Å². The molecule has 2 amide bonds. The molecule has 0 aliphatic carbocycles. The number of nitrogens with zero attached hydrogens (tertiary/aromatic N) is 1. The number of amides is 2. The van der Waals surface area contributed by atoms with Gasteiger partial charge in [-0.15, -0.1) is 0 Å². The zero-order valence-electron chi connectivity index (χ0n) is 14.8. The second-order valence-corrected chi connectivity index (χ2v) is 7.66. The van der Waals surface area contributed by atoms with Gasteiger partial charge in [0.15, 0.2) is 0 Å². The molecule has 27 heavy (non-hydrogen) atoms. The van der Waals surface area contributed by atoms with Crippen molar-refractivity contribution in [3.05, 3.63) is 75.9 Å². The summed E-state index contributed by atoms with van der Waals surface area (Å²) in [7, 11) is 0. The van der Waals surface area contributed by atoms with Crippen molar-refractivity contribution in [2.45, 2.75) is 19.3 Å². The Bertz CT molecular complexity index is 844. The number of benzene rings is 2. The van der Waals surface area contributed by atoms with Crippen LogP contribution in [-0.2, 0) is 4.79 Å². The summed E-state index contributed by atoms with van der Waals surface area (Å²) in [5.74, 6) is -0.599. The van der Waals surface area contributed by atoms with E-state index in [9.17, 15) is 9.59 Å². The maximum atomic E-state index is 13.1. The van der Waals surface area contributed by atoms with Crippen LogP contribution < -0.4 is 5.32 Å². The normalized spacial score (nSPS) is 15.1. The summed E-state index contributed by atoms with van der Waals surface area (Å²) in [4.78, 5) is 27.5. The molecule has 0 bridgehead atoms. The van der Waals surface area contributed by atoms with Crippen molar-refractivity contribution in [3.63, 3.8) is 0 Å². The molecular weight excluding hydrogens is 428 g/mol. The van der Waals surface area contributed by atoms with Crippen molar-refractivity contribution in [2.24, 2.45) is 0 Å². The fraction of sp³-hybridized carbons (Fsp3) is 0.238. The van der Waals surface area contributed by atoms with Gasteiger partial charge in [0, 0.05) is 23.1 Å². The molecule has 1 fully saturated rings. The quantitative estimate of drug-likeness (QED) is 0.685. The van der Waals surface area contributed by atoms with Crippen LogP contribution in [0.5, 0.6) is 0 Å². The molecule has 0 saturated carbocycles. The number of halogens is 2. The molecule has 1 N–H and O–H groups in total. The number of carbonyl (C=O) groups excluding carboxylic acids is 2. The predicted molar refractivity (Wildman–Crippen MR) is 111 cm³/mol. The van der Waals surface area contributed by atoms with Crippen molar-refractivity contribution in [2.75, 3.05) is 13.1 Å². The van der Waals surface area contributed by atoms with E-state index in [-0.39, 0.29) is 22.5 Å². The lowest BCUT2D eigenvalue weighted by molar-refractivity contribution is -0.128. The van der Waals surface area contributed by atoms with Gasteiger partial charge in [-0.1, -0.05) is 57.9 Å². The molecule has 4 nitrogen and oxygen atoms in total. The van der Waals surface area contributed by atoms with Gasteiger partial charge in [0.05, 0.1) is 5.03 Å². The van der Waals surface area contributed by atoms with Crippen molar-refractivity contribution in [3.8, 4) is 0 Å². The molecule has 1 saturated heterocycles. The molecular formula is C21H20BrClN2O2. The summed E-state index contributed by atoms with van der Waals surface area (Å²) in [6.07, 6.45) is 3.03. The molecule has 1 heterocycles. The Balaban J connectivity index is 1.94. The minimum Gasteiger partial charge on any atom is -0.337 e. The van der Waals surface area contributed by atoms with E-state index in [1.807, 2.05) is 30.3 Å². The fourth-order valence-corrected chi connectivity index (χ4v) is 3.49. The Morgan fingerprint density at radius 3 is 2.15 bits per heavy atom. The lowest BCUT2D eigenvalue weighted by Gasteiger charge is -2.28. The van der Waals surface area contributed by atoms with Gasteiger partial charge in [0.25, 0.3) is 11.8 Å². The molecule has 2 aromatic rings. The zero-order chi connectivity index (χ0) is 19.2. The average Bonchev–Trinajstić information content (AvgIpc) is 2.72. The van der Waals surface area contributed by atoms with Crippen LogP contribution in [0, 0.1) is 0 Å².